The Balaban J connectivity index is 1.74. The fourth-order valence-corrected chi connectivity index (χ4v) is 3.62. The van der Waals surface area contributed by atoms with Crippen LogP contribution in [0.15, 0.2) is 54.2 Å². The molecule has 0 saturated heterocycles. The fourth-order valence-electron chi connectivity index (χ4n) is 3.62. The Morgan fingerprint density at radius 1 is 1.29 bits per heavy atom. The largest absolute Gasteiger partial charge is 0.403 e. The van der Waals surface area contributed by atoms with Gasteiger partial charge in [-0.15, -0.1) is 5.10 Å². The molecule has 3 aromatic rings. The van der Waals surface area contributed by atoms with E-state index in [1.165, 1.54) is 23.6 Å². The molecule has 1 aliphatic carbocycles. The van der Waals surface area contributed by atoms with Crippen molar-refractivity contribution in [2.75, 3.05) is 10.3 Å². The second-order valence-corrected chi connectivity index (χ2v) is 7.70. The van der Waals surface area contributed by atoms with Gasteiger partial charge in [-0.2, -0.15) is 0 Å². The van der Waals surface area contributed by atoms with E-state index in [1.54, 1.807) is 35.3 Å². The van der Waals surface area contributed by atoms with E-state index >= 15 is 0 Å². The zero-order valence-electron chi connectivity index (χ0n) is 18.4. The van der Waals surface area contributed by atoms with Gasteiger partial charge in [-0.05, 0) is 37.5 Å². The van der Waals surface area contributed by atoms with Crippen molar-refractivity contribution in [1.29, 1.82) is 0 Å². The van der Waals surface area contributed by atoms with Crippen molar-refractivity contribution < 1.29 is 4.79 Å². The maximum Gasteiger partial charge on any atom is 0.271 e. The van der Waals surface area contributed by atoms with Crippen molar-refractivity contribution >= 4 is 34.6 Å². The zero-order chi connectivity index (χ0) is 24.1. The molecule has 13 heteroatoms. The monoisotopic (exact) mass is 462 g/mol. The first kappa shape index (κ1) is 22.8. The molecule has 1 atom stereocenters. The molecule has 0 bridgehead atoms. The summed E-state index contributed by atoms with van der Waals surface area (Å²) in [6, 6.07) is 5.19. The van der Waals surface area contributed by atoms with Gasteiger partial charge in [0.15, 0.2) is 17.3 Å². The lowest BCUT2D eigenvalue weighted by Crippen LogP contribution is -2.33. The molecule has 2 heterocycles. The average Bonchev–Trinajstić information content (AvgIpc) is 3.36. The van der Waals surface area contributed by atoms with Crippen LogP contribution in [0, 0.1) is 0 Å². The molecule has 13 nitrogen and oxygen atoms in total. The average molecular weight is 463 g/mol. The molecule has 0 unspecified atom stereocenters. The van der Waals surface area contributed by atoms with Gasteiger partial charge in [-0.25, -0.2) is 25.5 Å². The molecule has 1 saturated carbocycles. The summed E-state index contributed by atoms with van der Waals surface area (Å²) in [7, 11) is 0. The maximum atomic E-state index is 12.0. The van der Waals surface area contributed by atoms with E-state index < -0.39 is 5.91 Å². The van der Waals surface area contributed by atoms with Crippen LogP contribution < -0.4 is 33.4 Å². The topological polar surface area (TPSA) is 205 Å². The van der Waals surface area contributed by atoms with Crippen LogP contribution in [-0.4, -0.2) is 42.6 Å². The summed E-state index contributed by atoms with van der Waals surface area (Å²) in [5.41, 5.74) is 19.8. The van der Waals surface area contributed by atoms with Crippen LogP contribution in [0.5, 0.6) is 0 Å². The molecule has 1 aliphatic rings. The van der Waals surface area contributed by atoms with E-state index in [9.17, 15) is 4.79 Å². The lowest BCUT2D eigenvalue weighted by atomic mass is 9.94. The molecule has 1 aromatic carbocycles. The predicted octanol–water partition coefficient (Wildman–Crippen LogP) is 0.984. The third kappa shape index (κ3) is 5.16. The molecule has 34 heavy (non-hydrogen) atoms. The Morgan fingerprint density at radius 2 is 2.15 bits per heavy atom. The Labute approximate surface area is 195 Å². The van der Waals surface area contributed by atoms with Crippen molar-refractivity contribution in [2.24, 2.45) is 28.0 Å². The molecular formula is C21H26N12O. The van der Waals surface area contributed by atoms with Gasteiger partial charge in [0.1, 0.15) is 0 Å². The number of hydrogen-bond donors (Lipinski definition) is 5. The van der Waals surface area contributed by atoms with Crippen molar-refractivity contribution in [1.82, 2.24) is 25.0 Å². The molecule has 9 N–H and O–H groups in total. The van der Waals surface area contributed by atoms with E-state index in [0.717, 1.165) is 31.4 Å². The standard InChI is InChI=1S/C21H26N12O/c22-5-7-32(25)14-9-13(10-15(11-14)33-8-6-27-31-33)28-21-19(20(24)34)26-12-18(30-21)29-17-4-2-1-3-16(17)23/h5-12,16H,1-4,22-23,25H2,(H2,24,34)(H,28,30)/b7-5-,29-17?/t16-/m0/s1. The molecule has 1 fully saturated rings. The molecule has 176 valence electrons. The number of nitrogens with zero attached hydrogens (tertiary/aromatic N) is 7. The third-order valence-corrected chi connectivity index (χ3v) is 5.27. The number of nitrogens with one attached hydrogen (secondary N) is 1. The van der Waals surface area contributed by atoms with Crippen molar-refractivity contribution in [3.05, 3.63) is 54.9 Å². The Bertz CT molecular complexity index is 1220. The summed E-state index contributed by atoms with van der Waals surface area (Å²) >= 11 is 0. The lowest BCUT2D eigenvalue weighted by Gasteiger charge is -2.20. The first-order chi connectivity index (χ1) is 16.4. The minimum atomic E-state index is -0.734. The molecule has 2 aromatic heterocycles. The Morgan fingerprint density at radius 3 is 2.85 bits per heavy atom. The SMILES string of the molecule is N/C=C\N(N)c1cc(Nc2nc(N=C3CCCC[C@@H]3N)cnc2C(N)=O)cc(-n2ccnn2)c1. The van der Waals surface area contributed by atoms with Crippen LogP contribution in [0.1, 0.15) is 36.2 Å². The number of hydrogen-bond acceptors (Lipinski definition) is 11. The van der Waals surface area contributed by atoms with Crippen LogP contribution in [0.2, 0.25) is 0 Å². The number of aromatic nitrogens is 5. The first-order valence-corrected chi connectivity index (χ1v) is 10.7. The highest BCUT2D eigenvalue weighted by Crippen LogP contribution is 2.28. The van der Waals surface area contributed by atoms with Gasteiger partial charge in [0.05, 0.1) is 30.0 Å². The number of aliphatic imine (C=N–C) groups is 1. The smallest absolute Gasteiger partial charge is 0.271 e. The van der Waals surface area contributed by atoms with Crippen LogP contribution in [0.25, 0.3) is 5.69 Å². The highest BCUT2D eigenvalue weighted by Gasteiger charge is 2.18. The summed E-state index contributed by atoms with van der Waals surface area (Å²) in [6.07, 6.45) is 11.2. The summed E-state index contributed by atoms with van der Waals surface area (Å²) in [5, 5.41) is 12.3. The van der Waals surface area contributed by atoms with E-state index in [1.807, 2.05) is 0 Å². The number of primary amides is 1. The number of benzene rings is 1. The minimum absolute atomic E-state index is 0.0314. The second kappa shape index (κ2) is 10.1. The summed E-state index contributed by atoms with van der Waals surface area (Å²) in [5.74, 6) is 5.82. The van der Waals surface area contributed by atoms with Gasteiger partial charge >= 0.3 is 0 Å². The quantitative estimate of drug-likeness (QED) is 0.248. The zero-order valence-corrected chi connectivity index (χ0v) is 18.4. The summed E-state index contributed by atoms with van der Waals surface area (Å²) < 4.78 is 1.56. The number of rotatable bonds is 7. The summed E-state index contributed by atoms with van der Waals surface area (Å²) in [4.78, 5) is 25.3. The van der Waals surface area contributed by atoms with Gasteiger partial charge in [0.2, 0.25) is 0 Å². The molecular weight excluding hydrogens is 436 g/mol. The molecule has 1 amide bonds. The van der Waals surface area contributed by atoms with Crippen molar-refractivity contribution in [3.63, 3.8) is 0 Å². The van der Waals surface area contributed by atoms with Crippen molar-refractivity contribution in [2.45, 2.75) is 31.7 Å². The first-order valence-electron chi connectivity index (χ1n) is 10.7. The van der Waals surface area contributed by atoms with Gasteiger partial charge in [-0.3, -0.25) is 9.80 Å². The van der Waals surface area contributed by atoms with Gasteiger partial charge in [-0.1, -0.05) is 11.6 Å². The molecule has 0 radical (unpaired) electrons. The van der Waals surface area contributed by atoms with Crippen LogP contribution in [-0.2, 0) is 0 Å². The number of hydrazine groups is 1. The minimum Gasteiger partial charge on any atom is -0.403 e. The maximum absolute atomic E-state index is 12.0. The van der Waals surface area contributed by atoms with Crippen LogP contribution >= 0.6 is 0 Å². The van der Waals surface area contributed by atoms with E-state index in [2.05, 4.69) is 30.6 Å². The molecule has 4 rings (SSSR count). The van der Waals surface area contributed by atoms with Crippen LogP contribution in [0.4, 0.5) is 23.0 Å². The highest BCUT2D eigenvalue weighted by atomic mass is 16.1. The number of anilines is 3. The Hall–Kier alpha value is -4.36. The van der Waals surface area contributed by atoms with Gasteiger partial charge in [0, 0.05) is 29.8 Å². The van der Waals surface area contributed by atoms with Crippen LogP contribution in [0.3, 0.4) is 0 Å². The Kier molecular flexibility index (Phi) is 6.75. The number of carbonyl (C=O) groups is 1. The van der Waals surface area contributed by atoms with E-state index in [-0.39, 0.29) is 17.6 Å². The number of carbonyl (C=O) groups excluding carboxylic acids is 1. The third-order valence-electron chi connectivity index (χ3n) is 5.27. The number of nitrogens with two attached hydrogens (primary N) is 4. The fraction of sp³-hybridized carbons (Fsp3) is 0.238. The predicted molar refractivity (Wildman–Crippen MR) is 129 cm³/mol. The van der Waals surface area contributed by atoms with Crippen molar-refractivity contribution in [3.8, 4) is 5.69 Å². The highest BCUT2D eigenvalue weighted by molar-refractivity contribution is 5.97. The van der Waals surface area contributed by atoms with E-state index in [0.29, 0.717) is 22.9 Å². The van der Waals surface area contributed by atoms with E-state index in [4.69, 9.17) is 23.0 Å². The number of amides is 1. The normalized spacial score (nSPS) is 17.2. The van der Waals surface area contributed by atoms with Gasteiger partial charge < -0.3 is 22.5 Å². The molecule has 0 aliphatic heterocycles. The van der Waals surface area contributed by atoms with Gasteiger partial charge in [0.25, 0.3) is 5.91 Å². The lowest BCUT2D eigenvalue weighted by molar-refractivity contribution is 0.0996. The molecule has 0 spiro atoms. The summed E-state index contributed by atoms with van der Waals surface area (Å²) in [6.45, 7) is 0. The second-order valence-electron chi connectivity index (χ2n) is 7.70.